The zero-order valence-electron chi connectivity index (χ0n) is 9.46. The first-order valence-corrected chi connectivity index (χ1v) is 5.70. The maximum atomic E-state index is 11.9. The third kappa shape index (κ3) is 2.23. The van der Waals surface area contributed by atoms with Crippen molar-refractivity contribution in [2.24, 2.45) is 0 Å². The van der Waals surface area contributed by atoms with Gasteiger partial charge in [-0.25, -0.2) is 4.98 Å². The van der Waals surface area contributed by atoms with Gasteiger partial charge >= 0.3 is 0 Å². The lowest BCUT2D eigenvalue weighted by molar-refractivity contribution is 0.102. The van der Waals surface area contributed by atoms with Gasteiger partial charge in [0.1, 0.15) is 5.52 Å². The number of imidazole rings is 1. The largest absolute Gasteiger partial charge is 0.341 e. The molecule has 0 bridgehead atoms. The fourth-order valence-corrected chi connectivity index (χ4v) is 1.75. The molecule has 3 heterocycles. The molecule has 8 heteroatoms. The summed E-state index contributed by atoms with van der Waals surface area (Å²) in [6, 6.07) is 3.17. The van der Waals surface area contributed by atoms with Crippen molar-refractivity contribution in [3.63, 3.8) is 0 Å². The van der Waals surface area contributed by atoms with E-state index in [9.17, 15) is 4.79 Å². The Morgan fingerprint density at radius 1 is 1.26 bits per heavy atom. The Kier molecular flexibility index (Phi) is 2.81. The Labute approximate surface area is 112 Å². The molecule has 0 saturated carbocycles. The molecule has 0 aliphatic carbocycles. The number of carbonyl (C=O) groups excluding carboxylic acids is 1. The van der Waals surface area contributed by atoms with E-state index in [1.165, 1.54) is 18.7 Å². The predicted octanol–water partition coefficient (Wildman–Crippen LogP) is 1.65. The summed E-state index contributed by atoms with van der Waals surface area (Å²) in [6.07, 6.45) is 4.51. The van der Waals surface area contributed by atoms with Crippen LogP contribution in [0.2, 0.25) is 5.15 Å². The Hall–Kier alpha value is -2.54. The zero-order chi connectivity index (χ0) is 13.2. The van der Waals surface area contributed by atoms with Crippen LogP contribution >= 0.6 is 11.6 Å². The molecule has 0 saturated heterocycles. The Balaban J connectivity index is 1.91. The van der Waals surface area contributed by atoms with Crippen LogP contribution in [0.4, 0.5) is 5.95 Å². The predicted molar refractivity (Wildman–Crippen MR) is 68.9 cm³/mol. The summed E-state index contributed by atoms with van der Waals surface area (Å²) in [5, 5.41) is 2.76. The number of halogens is 1. The van der Waals surface area contributed by atoms with Gasteiger partial charge in [0.25, 0.3) is 5.91 Å². The van der Waals surface area contributed by atoms with Crippen LogP contribution < -0.4 is 5.32 Å². The molecule has 0 aromatic carbocycles. The molecule has 0 aliphatic heterocycles. The molecule has 0 fully saturated rings. The van der Waals surface area contributed by atoms with E-state index in [4.69, 9.17) is 11.6 Å². The monoisotopic (exact) mass is 274 g/mol. The lowest BCUT2D eigenvalue weighted by atomic mass is 10.2. The van der Waals surface area contributed by atoms with Crippen molar-refractivity contribution < 1.29 is 4.79 Å². The van der Waals surface area contributed by atoms with Crippen molar-refractivity contribution in [2.45, 2.75) is 0 Å². The lowest BCUT2D eigenvalue weighted by Gasteiger charge is -2.03. The summed E-state index contributed by atoms with van der Waals surface area (Å²) < 4.78 is 0. The number of nitrogens with zero attached hydrogens (tertiary/aromatic N) is 4. The molecular formula is C11H7ClN6O. The van der Waals surface area contributed by atoms with Crippen LogP contribution in [0.3, 0.4) is 0 Å². The molecule has 7 nitrogen and oxygen atoms in total. The topological polar surface area (TPSA) is 96.5 Å². The summed E-state index contributed by atoms with van der Waals surface area (Å²) in [4.78, 5) is 30.6. The first-order chi connectivity index (χ1) is 9.24. The Bertz CT molecular complexity index is 741. The molecule has 0 spiro atoms. The normalized spacial score (nSPS) is 10.6. The number of rotatable bonds is 2. The van der Waals surface area contributed by atoms with Gasteiger partial charge in [0.2, 0.25) is 5.95 Å². The number of hydrogen-bond acceptors (Lipinski definition) is 5. The first kappa shape index (κ1) is 11.5. The molecule has 0 radical (unpaired) electrons. The first-order valence-electron chi connectivity index (χ1n) is 5.32. The van der Waals surface area contributed by atoms with E-state index in [1.807, 2.05) is 0 Å². The number of hydrogen-bond donors (Lipinski definition) is 2. The van der Waals surface area contributed by atoms with Gasteiger partial charge in [-0.05, 0) is 12.1 Å². The van der Waals surface area contributed by atoms with Crippen molar-refractivity contribution in [3.05, 3.63) is 41.6 Å². The van der Waals surface area contributed by atoms with Gasteiger partial charge in [-0.15, -0.1) is 0 Å². The standard InChI is InChI=1S/C11H7ClN6O/c12-8-7-9(15-5-14-7)17-11(16-8)18-10(19)6-1-3-13-4-2-6/h1-5H,(H2,14,15,16,17,18,19). The summed E-state index contributed by atoms with van der Waals surface area (Å²) in [6.45, 7) is 0. The summed E-state index contributed by atoms with van der Waals surface area (Å²) in [5.74, 6) is -0.236. The van der Waals surface area contributed by atoms with Crippen LogP contribution in [0.1, 0.15) is 10.4 Å². The average Bonchev–Trinajstić information content (AvgIpc) is 2.88. The van der Waals surface area contributed by atoms with Gasteiger partial charge in [-0.1, -0.05) is 11.6 Å². The van der Waals surface area contributed by atoms with Gasteiger partial charge in [-0.3, -0.25) is 15.1 Å². The van der Waals surface area contributed by atoms with Gasteiger partial charge in [-0.2, -0.15) is 9.97 Å². The minimum absolute atomic E-state index is 0.103. The molecule has 3 aromatic rings. The highest BCUT2D eigenvalue weighted by Gasteiger charge is 2.11. The highest BCUT2D eigenvalue weighted by molar-refractivity contribution is 6.33. The minimum Gasteiger partial charge on any atom is -0.341 e. The minimum atomic E-state index is -0.339. The van der Waals surface area contributed by atoms with E-state index < -0.39 is 0 Å². The van der Waals surface area contributed by atoms with E-state index in [-0.39, 0.29) is 17.0 Å². The van der Waals surface area contributed by atoms with Gasteiger partial charge in [0, 0.05) is 18.0 Å². The molecule has 0 aliphatic rings. The number of anilines is 1. The van der Waals surface area contributed by atoms with Crippen molar-refractivity contribution in [3.8, 4) is 0 Å². The van der Waals surface area contributed by atoms with E-state index in [0.29, 0.717) is 16.7 Å². The van der Waals surface area contributed by atoms with Crippen LogP contribution in [-0.2, 0) is 0 Å². The van der Waals surface area contributed by atoms with Crippen LogP contribution in [0, 0.1) is 0 Å². The average molecular weight is 275 g/mol. The SMILES string of the molecule is O=C(Nc1nc(Cl)c2[nH]cnc2n1)c1ccncc1. The number of pyridine rings is 1. The Morgan fingerprint density at radius 3 is 2.84 bits per heavy atom. The number of carbonyl (C=O) groups is 1. The van der Waals surface area contributed by atoms with Crippen LogP contribution in [-0.4, -0.2) is 30.8 Å². The second-order valence-electron chi connectivity index (χ2n) is 3.63. The number of aromatic amines is 1. The second-order valence-corrected chi connectivity index (χ2v) is 3.99. The van der Waals surface area contributed by atoms with Gasteiger partial charge in [0.05, 0.1) is 6.33 Å². The summed E-state index contributed by atoms with van der Waals surface area (Å²) in [7, 11) is 0. The molecule has 94 valence electrons. The fourth-order valence-electron chi connectivity index (χ4n) is 1.53. The number of fused-ring (bicyclic) bond motifs is 1. The zero-order valence-corrected chi connectivity index (χ0v) is 10.2. The van der Waals surface area contributed by atoms with E-state index in [0.717, 1.165) is 0 Å². The Morgan fingerprint density at radius 2 is 2.05 bits per heavy atom. The molecule has 0 unspecified atom stereocenters. The third-order valence-electron chi connectivity index (χ3n) is 2.41. The number of amides is 1. The number of H-pyrrole nitrogens is 1. The molecule has 19 heavy (non-hydrogen) atoms. The molecule has 1 amide bonds. The molecule has 2 N–H and O–H groups in total. The number of nitrogens with one attached hydrogen (secondary N) is 2. The van der Waals surface area contributed by atoms with Gasteiger partial charge in [0.15, 0.2) is 10.8 Å². The second kappa shape index (κ2) is 4.62. The third-order valence-corrected chi connectivity index (χ3v) is 2.68. The molecule has 0 atom stereocenters. The van der Waals surface area contributed by atoms with Crippen molar-refractivity contribution in [1.29, 1.82) is 0 Å². The highest BCUT2D eigenvalue weighted by atomic mass is 35.5. The van der Waals surface area contributed by atoms with E-state index in [2.05, 4.69) is 30.2 Å². The molecular weight excluding hydrogens is 268 g/mol. The van der Waals surface area contributed by atoms with E-state index >= 15 is 0 Å². The maximum Gasteiger partial charge on any atom is 0.258 e. The van der Waals surface area contributed by atoms with E-state index in [1.54, 1.807) is 12.1 Å². The van der Waals surface area contributed by atoms with Crippen molar-refractivity contribution in [1.82, 2.24) is 24.9 Å². The van der Waals surface area contributed by atoms with Gasteiger partial charge < -0.3 is 4.98 Å². The molecule has 3 rings (SSSR count). The summed E-state index contributed by atoms with van der Waals surface area (Å²) >= 11 is 5.95. The molecule has 3 aromatic heterocycles. The number of aromatic nitrogens is 5. The maximum absolute atomic E-state index is 11.9. The van der Waals surface area contributed by atoms with Crippen LogP contribution in [0.15, 0.2) is 30.9 Å². The lowest BCUT2D eigenvalue weighted by Crippen LogP contribution is -2.14. The smallest absolute Gasteiger partial charge is 0.258 e. The van der Waals surface area contributed by atoms with Crippen molar-refractivity contribution in [2.75, 3.05) is 5.32 Å². The van der Waals surface area contributed by atoms with Crippen LogP contribution in [0.5, 0.6) is 0 Å². The van der Waals surface area contributed by atoms with Crippen molar-refractivity contribution >= 4 is 34.6 Å². The highest BCUT2D eigenvalue weighted by Crippen LogP contribution is 2.18. The summed E-state index contributed by atoms with van der Waals surface area (Å²) in [5.41, 5.74) is 1.38. The van der Waals surface area contributed by atoms with Crippen LogP contribution in [0.25, 0.3) is 11.2 Å². The fraction of sp³-hybridized carbons (Fsp3) is 0. The quantitative estimate of drug-likeness (QED) is 0.693.